The zero-order valence-corrected chi connectivity index (χ0v) is 20.9. The fraction of sp³-hybridized carbons (Fsp3) is 0.320. The van der Waals surface area contributed by atoms with Crippen LogP contribution in [-0.4, -0.2) is 58.1 Å². The van der Waals surface area contributed by atoms with Crippen molar-refractivity contribution in [3.05, 3.63) is 76.3 Å². The van der Waals surface area contributed by atoms with Crippen LogP contribution in [-0.2, 0) is 11.3 Å². The van der Waals surface area contributed by atoms with Crippen LogP contribution >= 0.6 is 15.9 Å². The molecule has 1 fully saturated rings. The summed E-state index contributed by atoms with van der Waals surface area (Å²) < 4.78 is 33.4. The van der Waals surface area contributed by atoms with Gasteiger partial charge in [0.15, 0.2) is 0 Å². The summed E-state index contributed by atoms with van der Waals surface area (Å²) in [6.07, 6.45) is 5.28. The summed E-state index contributed by atoms with van der Waals surface area (Å²) in [7, 11) is 0. The molecule has 0 aliphatic carbocycles. The second-order valence-electron chi connectivity index (χ2n) is 8.03. The minimum atomic E-state index is -1.75. The number of likely N-dealkylation sites (tertiary alicyclic amines) is 1. The number of hydrazone groups is 1. The number of amides is 1. The number of piperidine rings is 1. The van der Waals surface area contributed by atoms with Crippen LogP contribution in [0.2, 0.25) is 0 Å². The molecule has 0 radical (unpaired) electrons. The van der Waals surface area contributed by atoms with Crippen molar-refractivity contribution in [1.29, 1.82) is 0 Å². The molecule has 1 N–H and O–H groups in total. The summed E-state index contributed by atoms with van der Waals surface area (Å²) in [4.78, 5) is 22.3. The first-order valence-corrected chi connectivity index (χ1v) is 11.9. The van der Waals surface area contributed by atoms with E-state index in [4.69, 9.17) is 0 Å². The molecule has 1 amide bonds. The molecule has 2 aromatic carbocycles. The molecule has 0 spiro atoms. The van der Waals surface area contributed by atoms with Crippen LogP contribution in [0.25, 0.3) is 11.4 Å². The number of benzene rings is 2. The fourth-order valence-corrected chi connectivity index (χ4v) is 4.13. The van der Waals surface area contributed by atoms with Gasteiger partial charge in [-0.25, -0.2) is 23.2 Å². The summed E-state index contributed by atoms with van der Waals surface area (Å²) in [6, 6.07) is 14.2. The van der Waals surface area contributed by atoms with E-state index >= 15 is 0 Å². The first-order chi connectivity index (χ1) is 16.9. The molecule has 0 bridgehead atoms. The van der Waals surface area contributed by atoms with Crippen LogP contribution in [0.4, 0.5) is 13.2 Å². The van der Waals surface area contributed by atoms with E-state index in [0.717, 1.165) is 59.6 Å². The lowest BCUT2D eigenvalue weighted by atomic mass is 10.0. The maximum atomic E-state index is 13.1. The Morgan fingerprint density at radius 1 is 1.17 bits per heavy atom. The van der Waals surface area contributed by atoms with Crippen molar-refractivity contribution in [3.8, 4) is 11.4 Å². The molecule has 0 saturated carbocycles. The molecule has 3 aromatic rings. The average Bonchev–Trinajstić information content (AvgIpc) is 3.30. The van der Waals surface area contributed by atoms with Crippen molar-refractivity contribution in [2.24, 2.45) is 5.10 Å². The number of nitrogens with one attached hydrogen (secondary N) is 1. The van der Waals surface area contributed by atoms with Gasteiger partial charge >= 0.3 is 0 Å². The van der Waals surface area contributed by atoms with Crippen molar-refractivity contribution in [2.45, 2.75) is 32.4 Å². The van der Waals surface area contributed by atoms with Crippen molar-refractivity contribution in [3.63, 3.8) is 0 Å². The van der Waals surface area contributed by atoms with E-state index in [-0.39, 0.29) is 17.8 Å². The third kappa shape index (κ3) is 8.03. The predicted molar refractivity (Wildman–Crippen MR) is 134 cm³/mol. The standard InChI is InChI=1S/C24H25BrFN5O.CH2F2/c1-17(32)31(28-14-18-2-6-20(25)7-3-18)23-10-12-30(13-11-23)16-22-15-27-24(29-22)19-4-8-21(26)9-5-19;2-1-3/h2-9,14-15,23H,10-13,16H2,1H3,(H,27,29);1H2/b28-14+;. The smallest absolute Gasteiger partial charge is 0.239 e. The van der Waals surface area contributed by atoms with E-state index in [1.807, 2.05) is 30.5 Å². The third-order valence-electron chi connectivity index (χ3n) is 5.57. The molecular formula is C25H27BrF3N5O. The molecular weight excluding hydrogens is 523 g/mol. The SMILES string of the molecule is CC(=O)N(/N=C/c1ccc(Br)cc1)C1CCN(Cc2cnc(-c3ccc(F)cc3)[nH]2)CC1.FCF. The minimum Gasteiger partial charge on any atom is -0.341 e. The molecule has 186 valence electrons. The Balaban J connectivity index is 0.00000108. The van der Waals surface area contributed by atoms with E-state index in [9.17, 15) is 18.0 Å². The lowest BCUT2D eigenvalue weighted by Gasteiger charge is -2.35. The largest absolute Gasteiger partial charge is 0.341 e. The lowest BCUT2D eigenvalue weighted by molar-refractivity contribution is -0.132. The molecule has 0 unspecified atom stereocenters. The number of nitrogens with zero attached hydrogens (tertiary/aromatic N) is 4. The Morgan fingerprint density at radius 2 is 1.80 bits per heavy atom. The van der Waals surface area contributed by atoms with Crippen LogP contribution in [0.5, 0.6) is 0 Å². The number of aromatic nitrogens is 2. The van der Waals surface area contributed by atoms with Crippen LogP contribution in [0.3, 0.4) is 0 Å². The van der Waals surface area contributed by atoms with Gasteiger partial charge < -0.3 is 4.98 Å². The number of carbonyl (C=O) groups is 1. The number of halogens is 4. The second kappa shape index (κ2) is 13.2. The summed E-state index contributed by atoms with van der Waals surface area (Å²) in [5.74, 6) is 0.429. The van der Waals surface area contributed by atoms with Gasteiger partial charge in [0.25, 0.3) is 0 Å². The van der Waals surface area contributed by atoms with E-state index in [1.165, 1.54) is 12.1 Å². The first kappa shape index (κ1) is 26.6. The lowest BCUT2D eigenvalue weighted by Crippen LogP contribution is -2.44. The zero-order valence-electron chi connectivity index (χ0n) is 19.3. The Bertz CT molecular complexity index is 1100. The van der Waals surface area contributed by atoms with Crippen molar-refractivity contribution < 1.29 is 18.0 Å². The Hall–Kier alpha value is -2.98. The summed E-state index contributed by atoms with van der Waals surface area (Å²) in [5, 5.41) is 6.09. The molecule has 10 heteroatoms. The van der Waals surface area contributed by atoms with Crippen LogP contribution in [0.1, 0.15) is 31.0 Å². The fourth-order valence-electron chi connectivity index (χ4n) is 3.87. The summed E-state index contributed by atoms with van der Waals surface area (Å²) in [6.45, 7) is 2.30. The second-order valence-corrected chi connectivity index (χ2v) is 8.95. The normalized spacial score (nSPS) is 14.5. The molecule has 1 saturated heterocycles. The highest BCUT2D eigenvalue weighted by atomic mass is 79.9. The monoisotopic (exact) mass is 549 g/mol. The highest BCUT2D eigenvalue weighted by Crippen LogP contribution is 2.21. The highest BCUT2D eigenvalue weighted by molar-refractivity contribution is 9.10. The van der Waals surface area contributed by atoms with Gasteiger partial charge in [-0.3, -0.25) is 9.69 Å². The summed E-state index contributed by atoms with van der Waals surface area (Å²) >= 11 is 3.42. The molecule has 1 aromatic heterocycles. The number of alkyl halides is 2. The molecule has 35 heavy (non-hydrogen) atoms. The van der Waals surface area contributed by atoms with Crippen LogP contribution in [0.15, 0.2) is 64.3 Å². The number of H-pyrrole nitrogens is 1. The predicted octanol–water partition coefficient (Wildman–Crippen LogP) is 5.71. The number of rotatable bonds is 6. The quantitative estimate of drug-likeness (QED) is 0.316. The van der Waals surface area contributed by atoms with E-state index in [2.05, 4.69) is 35.9 Å². The van der Waals surface area contributed by atoms with Gasteiger partial charge in [-0.1, -0.05) is 28.1 Å². The Morgan fingerprint density at radius 3 is 2.40 bits per heavy atom. The number of hydrogen-bond donors (Lipinski definition) is 1. The van der Waals surface area contributed by atoms with E-state index < -0.39 is 6.93 Å². The molecule has 1 aliphatic rings. The van der Waals surface area contributed by atoms with Crippen molar-refractivity contribution in [2.75, 3.05) is 20.0 Å². The Labute approximate surface area is 211 Å². The van der Waals surface area contributed by atoms with Gasteiger partial charge in [-0.15, -0.1) is 0 Å². The van der Waals surface area contributed by atoms with E-state index in [1.54, 1.807) is 30.3 Å². The van der Waals surface area contributed by atoms with Gasteiger partial charge in [0, 0.05) is 48.5 Å². The van der Waals surface area contributed by atoms with Crippen LogP contribution < -0.4 is 0 Å². The minimum absolute atomic E-state index is 0.0469. The van der Waals surface area contributed by atoms with Gasteiger partial charge in [0.1, 0.15) is 11.6 Å². The highest BCUT2D eigenvalue weighted by Gasteiger charge is 2.26. The van der Waals surface area contributed by atoms with Gasteiger partial charge in [0.2, 0.25) is 12.8 Å². The average molecular weight is 550 g/mol. The maximum absolute atomic E-state index is 13.1. The topological polar surface area (TPSA) is 64.6 Å². The molecule has 4 rings (SSSR count). The van der Waals surface area contributed by atoms with Crippen molar-refractivity contribution in [1.82, 2.24) is 19.9 Å². The van der Waals surface area contributed by atoms with Crippen LogP contribution in [0, 0.1) is 5.82 Å². The van der Waals surface area contributed by atoms with E-state index in [0.29, 0.717) is 0 Å². The number of imidazole rings is 1. The number of aromatic amines is 1. The summed E-state index contributed by atoms with van der Waals surface area (Å²) in [5.41, 5.74) is 2.82. The van der Waals surface area contributed by atoms with Gasteiger partial charge in [-0.05, 0) is 54.8 Å². The third-order valence-corrected chi connectivity index (χ3v) is 6.10. The molecule has 6 nitrogen and oxygen atoms in total. The molecule has 1 aliphatic heterocycles. The van der Waals surface area contributed by atoms with Gasteiger partial charge in [0.05, 0.1) is 12.3 Å². The van der Waals surface area contributed by atoms with Crippen molar-refractivity contribution >= 4 is 28.1 Å². The number of carbonyl (C=O) groups excluding carboxylic acids is 1. The molecule has 0 atom stereocenters. The molecule has 2 heterocycles. The zero-order chi connectivity index (χ0) is 25.2. The number of hydrogen-bond acceptors (Lipinski definition) is 4. The first-order valence-electron chi connectivity index (χ1n) is 11.1. The maximum Gasteiger partial charge on any atom is 0.239 e. The van der Waals surface area contributed by atoms with Gasteiger partial charge in [-0.2, -0.15) is 5.10 Å². The Kier molecular flexibility index (Phi) is 10.0.